The maximum Gasteiger partial charge on any atom is 0.294 e. The summed E-state index contributed by atoms with van der Waals surface area (Å²) in [7, 11) is 0. The molecule has 5 nitrogen and oxygen atoms in total. The van der Waals surface area contributed by atoms with Crippen LogP contribution in [0.25, 0.3) is 0 Å². The number of ketones is 1. The third-order valence-electron chi connectivity index (χ3n) is 4.74. The first-order valence-corrected chi connectivity index (χ1v) is 10.1. The number of hydrogen-bond donors (Lipinski definition) is 1. The molecular formula is C23H19NO4S. The predicted octanol–water partition coefficient (Wildman–Crippen LogP) is 4.93. The summed E-state index contributed by atoms with van der Waals surface area (Å²) < 4.78 is 5.48. The standard InChI is InChI=1S/C23H19NO4S/c1-2-28-17-12-10-16(11-13-17)24-20(15-7-4-3-5-8-15)19(22(26)23(24)27)21(25)18-9-6-14-29-18/h3-14,20,26H,2H2,1H3. The summed E-state index contributed by atoms with van der Waals surface area (Å²) in [6.07, 6.45) is 0. The molecule has 2 aromatic carbocycles. The highest BCUT2D eigenvalue weighted by Crippen LogP contribution is 2.42. The molecule has 0 aliphatic carbocycles. The SMILES string of the molecule is CCOc1ccc(N2C(=O)C(O)=C(C(=O)c3cccs3)C2c2ccccc2)cc1. The summed E-state index contributed by atoms with van der Waals surface area (Å²) in [5.41, 5.74) is 1.42. The van der Waals surface area contributed by atoms with Crippen molar-refractivity contribution < 1.29 is 19.4 Å². The van der Waals surface area contributed by atoms with Crippen LogP contribution in [0.2, 0.25) is 0 Å². The molecule has 1 aliphatic heterocycles. The van der Waals surface area contributed by atoms with E-state index in [9.17, 15) is 14.7 Å². The van der Waals surface area contributed by atoms with Crippen LogP contribution in [0.1, 0.15) is 28.2 Å². The van der Waals surface area contributed by atoms with Crippen molar-refractivity contribution >= 4 is 28.7 Å². The molecule has 4 rings (SSSR count). The van der Waals surface area contributed by atoms with Gasteiger partial charge in [0.1, 0.15) is 5.75 Å². The number of benzene rings is 2. The average Bonchev–Trinajstić information content (AvgIpc) is 3.37. The van der Waals surface area contributed by atoms with E-state index in [4.69, 9.17) is 4.74 Å². The number of aliphatic hydroxyl groups excluding tert-OH is 1. The maximum absolute atomic E-state index is 13.2. The van der Waals surface area contributed by atoms with Gasteiger partial charge in [0.05, 0.1) is 23.1 Å². The Morgan fingerprint density at radius 3 is 2.41 bits per heavy atom. The van der Waals surface area contributed by atoms with Crippen molar-refractivity contribution in [3.8, 4) is 5.75 Å². The highest BCUT2D eigenvalue weighted by molar-refractivity contribution is 7.12. The quantitative estimate of drug-likeness (QED) is 0.591. The van der Waals surface area contributed by atoms with Gasteiger partial charge in [0.15, 0.2) is 5.76 Å². The van der Waals surface area contributed by atoms with E-state index in [-0.39, 0.29) is 11.4 Å². The summed E-state index contributed by atoms with van der Waals surface area (Å²) in [5, 5.41) is 12.5. The summed E-state index contributed by atoms with van der Waals surface area (Å²) in [5.74, 6) is -0.756. The first-order chi connectivity index (χ1) is 14.1. The number of Topliss-reactive ketones (excluding diaryl/α,β-unsaturated/α-hetero) is 1. The fourth-order valence-electron chi connectivity index (χ4n) is 3.46. The largest absolute Gasteiger partial charge is 0.503 e. The summed E-state index contributed by atoms with van der Waals surface area (Å²) in [6.45, 7) is 2.43. The van der Waals surface area contributed by atoms with Crippen LogP contribution in [0, 0.1) is 0 Å². The first kappa shape index (κ1) is 19.0. The van der Waals surface area contributed by atoms with Crippen LogP contribution in [0.15, 0.2) is 83.4 Å². The monoisotopic (exact) mass is 405 g/mol. The smallest absolute Gasteiger partial charge is 0.294 e. The number of rotatable bonds is 6. The van der Waals surface area contributed by atoms with E-state index in [0.717, 1.165) is 5.56 Å². The highest BCUT2D eigenvalue weighted by Gasteiger charge is 2.44. The predicted molar refractivity (Wildman–Crippen MR) is 113 cm³/mol. The zero-order valence-corrected chi connectivity index (χ0v) is 16.6. The van der Waals surface area contributed by atoms with E-state index in [0.29, 0.717) is 22.9 Å². The Morgan fingerprint density at radius 2 is 1.79 bits per heavy atom. The van der Waals surface area contributed by atoms with E-state index in [1.807, 2.05) is 37.3 Å². The second kappa shape index (κ2) is 7.93. The van der Waals surface area contributed by atoms with Gasteiger partial charge in [-0.15, -0.1) is 11.3 Å². The van der Waals surface area contributed by atoms with Crippen LogP contribution in [0.3, 0.4) is 0 Å². The summed E-state index contributed by atoms with van der Waals surface area (Å²) in [6, 6.07) is 19.1. The van der Waals surface area contributed by atoms with E-state index < -0.39 is 17.7 Å². The third kappa shape index (κ3) is 3.43. The Morgan fingerprint density at radius 1 is 1.07 bits per heavy atom. The number of hydrogen-bond acceptors (Lipinski definition) is 5. The Bertz CT molecular complexity index is 1060. The van der Waals surface area contributed by atoms with Crippen molar-refractivity contribution in [1.82, 2.24) is 0 Å². The van der Waals surface area contributed by atoms with Gasteiger partial charge in [-0.1, -0.05) is 36.4 Å². The van der Waals surface area contributed by atoms with Gasteiger partial charge in [-0.3, -0.25) is 14.5 Å². The van der Waals surface area contributed by atoms with Crippen LogP contribution >= 0.6 is 11.3 Å². The van der Waals surface area contributed by atoms with Gasteiger partial charge in [0.25, 0.3) is 5.91 Å². The van der Waals surface area contributed by atoms with E-state index in [1.54, 1.807) is 41.8 Å². The van der Waals surface area contributed by atoms with Crippen LogP contribution in [-0.4, -0.2) is 23.4 Å². The van der Waals surface area contributed by atoms with Gasteiger partial charge >= 0.3 is 0 Å². The fourth-order valence-corrected chi connectivity index (χ4v) is 4.14. The molecule has 2 heterocycles. The Hall–Kier alpha value is -3.38. The summed E-state index contributed by atoms with van der Waals surface area (Å²) >= 11 is 1.28. The molecule has 6 heteroatoms. The van der Waals surface area contributed by atoms with E-state index in [1.165, 1.54) is 16.2 Å². The number of carbonyl (C=O) groups excluding carboxylic acids is 2. The lowest BCUT2D eigenvalue weighted by Crippen LogP contribution is -2.30. The molecule has 146 valence electrons. The van der Waals surface area contributed by atoms with Crippen molar-refractivity contribution in [2.24, 2.45) is 0 Å². The van der Waals surface area contributed by atoms with Crippen molar-refractivity contribution in [3.63, 3.8) is 0 Å². The van der Waals surface area contributed by atoms with Gasteiger partial charge in [-0.05, 0) is 48.2 Å². The molecule has 29 heavy (non-hydrogen) atoms. The lowest BCUT2D eigenvalue weighted by atomic mass is 9.95. The molecular weight excluding hydrogens is 386 g/mol. The van der Waals surface area contributed by atoms with E-state index >= 15 is 0 Å². The lowest BCUT2D eigenvalue weighted by molar-refractivity contribution is -0.117. The van der Waals surface area contributed by atoms with Gasteiger partial charge in [-0.25, -0.2) is 0 Å². The normalized spacial score (nSPS) is 16.4. The average molecular weight is 405 g/mol. The van der Waals surface area contributed by atoms with Crippen molar-refractivity contribution in [1.29, 1.82) is 0 Å². The van der Waals surface area contributed by atoms with Gasteiger partial charge in [0, 0.05) is 5.69 Å². The Balaban J connectivity index is 1.81. The van der Waals surface area contributed by atoms with Crippen LogP contribution in [-0.2, 0) is 4.79 Å². The number of anilines is 1. The Labute approximate surface area is 172 Å². The third-order valence-corrected chi connectivity index (χ3v) is 5.61. The van der Waals surface area contributed by atoms with E-state index in [2.05, 4.69) is 0 Å². The molecule has 1 aromatic heterocycles. The number of amides is 1. The number of thiophene rings is 1. The van der Waals surface area contributed by atoms with Crippen LogP contribution < -0.4 is 9.64 Å². The second-order valence-electron chi connectivity index (χ2n) is 6.48. The number of carbonyl (C=O) groups is 2. The zero-order chi connectivity index (χ0) is 20.4. The maximum atomic E-state index is 13.2. The van der Waals surface area contributed by atoms with Gasteiger partial charge in [0.2, 0.25) is 5.78 Å². The van der Waals surface area contributed by atoms with Crippen LogP contribution in [0.4, 0.5) is 5.69 Å². The van der Waals surface area contributed by atoms with Crippen molar-refractivity contribution in [3.05, 3.63) is 93.9 Å². The number of aliphatic hydroxyl groups is 1. The molecule has 0 radical (unpaired) electrons. The zero-order valence-electron chi connectivity index (χ0n) is 15.7. The molecule has 1 aliphatic rings. The first-order valence-electron chi connectivity index (χ1n) is 9.24. The molecule has 1 N–H and O–H groups in total. The molecule has 0 spiro atoms. The van der Waals surface area contributed by atoms with Gasteiger partial charge < -0.3 is 9.84 Å². The van der Waals surface area contributed by atoms with Crippen LogP contribution in [0.5, 0.6) is 5.75 Å². The van der Waals surface area contributed by atoms with Crippen molar-refractivity contribution in [2.75, 3.05) is 11.5 Å². The number of nitrogens with zero attached hydrogens (tertiary/aromatic N) is 1. The molecule has 1 amide bonds. The second-order valence-corrected chi connectivity index (χ2v) is 7.43. The molecule has 1 atom stereocenters. The summed E-state index contributed by atoms with van der Waals surface area (Å²) in [4.78, 5) is 28.1. The number of ether oxygens (including phenoxy) is 1. The highest BCUT2D eigenvalue weighted by atomic mass is 32.1. The van der Waals surface area contributed by atoms with Crippen molar-refractivity contribution in [2.45, 2.75) is 13.0 Å². The molecule has 0 fully saturated rings. The fraction of sp³-hybridized carbons (Fsp3) is 0.130. The molecule has 0 bridgehead atoms. The molecule has 3 aromatic rings. The lowest BCUT2D eigenvalue weighted by Gasteiger charge is -2.27. The molecule has 0 saturated heterocycles. The topological polar surface area (TPSA) is 66.8 Å². The Kier molecular flexibility index (Phi) is 5.18. The minimum atomic E-state index is -0.712. The minimum absolute atomic E-state index is 0.0949. The molecule has 1 unspecified atom stereocenters. The minimum Gasteiger partial charge on any atom is -0.503 e. The molecule has 0 saturated carbocycles. The van der Waals surface area contributed by atoms with Gasteiger partial charge in [-0.2, -0.15) is 0 Å².